The highest BCUT2D eigenvalue weighted by Crippen LogP contribution is 2.52. The third kappa shape index (κ3) is 2.51. The van der Waals surface area contributed by atoms with E-state index >= 15 is 0 Å². The summed E-state index contributed by atoms with van der Waals surface area (Å²) in [4.78, 5) is 0. The third-order valence-electron chi connectivity index (χ3n) is 6.82. The van der Waals surface area contributed by atoms with Crippen molar-refractivity contribution in [2.24, 2.45) is 17.3 Å². The summed E-state index contributed by atoms with van der Waals surface area (Å²) in [5, 5.41) is 8.23. The van der Waals surface area contributed by atoms with Crippen molar-refractivity contribution in [1.82, 2.24) is 14.6 Å². The van der Waals surface area contributed by atoms with Gasteiger partial charge < -0.3 is 4.74 Å². The number of pyridine rings is 1. The average molecular weight is 325 g/mol. The van der Waals surface area contributed by atoms with Crippen molar-refractivity contribution in [1.29, 1.82) is 0 Å². The lowest BCUT2D eigenvalue weighted by atomic mass is 9.68. The molecule has 0 radical (unpaired) electrons. The minimum Gasteiger partial charge on any atom is -0.493 e. The van der Waals surface area contributed by atoms with Crippen LogP contribution in [0.3, 0.4) is 0 Å². The zero-order valence-corrected chi connectivity index (χ0v) is 14.6. The molecule has 24 heavy (non-hydrogen) atoms. The Kier molecular flexibility index (Phi) is 3.36. The third-order valence-corrected chi connectivity index (χ3v) is 6.82. The first-order valence-electron chi connectivity index (χ1n) is 9.71. The molecular formula is C20H27N3O. The van der Waals surface area contributed by atoms with Gasteiger partial charge in [-0.3, -0.25) is 4.40 Å². The van der Waals surface area contributed by atoms with Gasteiger partial charge in [0.15, 0.2) is 5.65 Å². The van der Waals surface area contributed by atoms with Crippen molar-refractivity contribution >= 4 is 5.65 Å². The van der Waals surface area contributed by atoms with Gasteiger partial charge in [-0.2, -0.15) is 0 Å². The number of ether oxygens (including phenoxy) is 1. The minimum absolute atomic E-state index is 0.394. The lowest BCUT2D eigenvalue weighted by Crippen LogP contribution is -2.34. The van der Waals surface area contributed by atoms with E-state index in [-0.39, 0.29) is 0 Å². The summed E-state index contributed by atoms with van der Waals surface area (Å²) in [7, 11) is 0. The Hall–Kier alpha value is -1.58. The highest BCUT2D eigenvalue weighted by molar-refractivity contribution is 5.49. The van der Waals surface area contributed by atoms with Crippen LogP contribution in [0.25, 0.3) is 5.65 Å². The van der Waals surface area contributed by atoms with E-state index in [0.717, 1.165) is 29.8 Å². The van der Waals surface area contributed by atoms with Crippen LogP contribution in [0.15, 0.2) is 18.6 Å². The van der Waals surface area contributed by atoms with Gasteiger partial charge in [0.2, 0.25) is 0 Å². The fourth-order valence-corrected chi connectivity index (χ4v) is 5.29. The standard InChI is InChI=1S/C20H27N3O/c1-2-20(9-14-3-4-15(7-14)10-20)12-24-18-8-19-22-21-13-23(19)11-17(18)16-5-6-16/h8,11,13-16H,2-7,9-10,12H2,1H3. The van der Waals surface area contributed by atoms with Crippen molar-refractivity contribution in [2.45, 2.75) is 64.2 Å². The predicted molar refractivity (Wildman–Crippen MR) is 93.2 cm³/mol. The van der Waals surface area contributed by atoms with E-state index in [0.29, 0.717) is 11.3 Å². The van der Waals surface area contributed by atoms with Crippen molar-refractivity contribution in [3.8, 4) is 5.75 Å². The molecule has 2 atom stereocenters. The molecule has 3 fully saturated rings. The van der Waals surface area contributed by atoms with Crippen LogP contribution < -0.4 is 4.74 Å². The Morgan fingerprint density at radius 2 is 2.00 bits per heavy atom. The van der Waals surface area contributed by atoms with Crippen LogP contribution in [-0.2, 0) is 0 Å². The van der Waals surface area contributed by atoms with Crippen molar-refractivity contribution in [3.63, 3.8) is 0 Å². The molecule has 2 heterocycles. The molecule has 5 rings (SSSR count). The SMILES string of the molecule is CCC1(COc2cc3nncn3cc2C2CC2)CC2CCC(C2)C1. The van der Waals surface area contributed by atoms with Crippen LogP contribution in [0.1, 0.15) is 69.8 Å². The van der Waals surface area contributed by atoms with Crippen molar-refractivity contribution < 1.29 is 4.74 Å². The molecule has 0 N–H and O–H groups in total. The molecule has 0 saturated heterocycles. The van der Waals surface area contributed by atoms with Crippen LogP contribution in [0.4, 0.5) is 0 Å². The van der Waals surface area contributed by atoms with Gasteiger partial charge in [-0.15, -0.1) is 10.2 Å². The first-order chi connectivity index (χ1) is 11.7. The largest absolute Gasteiger partial charge is 0.493 e. The maximum absolute atomic E-state index is 6.49. The molecule has 2 unspecified atom stereocenters. The molecule has 3 aliphatic carbocycles. The maximum Gasteiger partial charge on any atom is 0.164 e. The molecule has 4 heteroatoms. The zero-order chi connectivity index (χ0) is 16.1. The number of fused-ring (bicyclic) bond motifs is 3. The van der Waals surface area contributed by atoms with Crippen LogP contribution in [0, 0.1) is 17.3 Å². The molecule has 0 aliphatic heterocycles. The predicted octanol–water partition coefficient (Wildman–Crippen LogP) is 4.59. The van der Waals surface area contributed by atoms with Gasteiger partial charge in [-0.05, 0) is 56.3 Å². The van der Waals surface area contributed by atoms with E-state index in [2.05, 4.69) is 29.4 Å². The molecule has 3 aliphatic rings. The lowest BCUT2D eigenvalue weighted by Gasteiger charge is -2.40. The smallest absolute Gasteiger partial charge is 0.164 e. The van der Waals surface area contributed by atoms with Gasteiger partial charge >= 0.3 is 0 Å². The summed E-state index contributed by atoms with van der Waals surface area (Å²) in [6.07, 6.45) is 14.9. The molecule has 128 valence electrons. The molecule has 4 nitrogen and oxygen atoms in total. The van der Waals surface area contributed by atoms with Gasteiger partial charge in [-0.25, -0.2) is 0 Å². The summed E-state index contributed by atoms with van der Waals surface area (Å²) in [5.41, 5.74) is 2.64. The monoisotopic (exact) mass is 325 g/mol. The molecule has 0 spiro atoms. The van der Waals surface area contributed by atoms with Crippen molar-refractivity contribution in [2.75, 3.05) is 6.61 Å². The first kappa shape index (κ1) is 14.7. The summed E-state index contributed by atoms with van der Waals surface area (Å²) >= 11 is 0. The van der Waals surface area contributed by atoms with Gasteiger partial charge in [0.25, 0.3) is 0 Å². The number of rotatable bonds is 5. The average Bonchev–Trinajstić information content (AvgIpc) is 3.25. The number of nitrogens with zero attached hydrogens (tertiary/aromatic N) is 3. The van der Waals surface area contributed by atoms with Gasteiger partial charge in [-0.1, -0.05) is 19.8 Å². The molecule has 2 aromatic heterocycles. The normalized spacial score (nSPS) is 32.4. The lowest BCUT2D eigenvalue weighted by molar-refractivity contribution is 0.0594. The minimum atomic E-state index is 0.394. The van der Waals surface area contributed by atoms with Gasteiger partial charge in [0.1, 0.15) is 12.1 Å². The second kappa shape index (κ2) is 5.47. The maximum atomic E-state index is 6.49. The van der Waals surface area contributed by atoms with Crippen LogP contribution in [-0.4, -0.2) is 21.2 Å². The van der Waals surface area contributed by atoms with Crippen LogP contribution >= 0.6 is 0 Å². The Labute approximate surface area is 143 Å². The van der Waals surface area contributed by atoms with Crippen LogP contribution in [0.2, 0.25) is 0 Å². The molecule has 0 aromatic carbocycles. The van der Waals surface area contributed by atoms with E-state index in [9.17, 15) is 0 Å². The first-order valence-corrected chi connectivity index (χ1v) is 9.71. The molecule has 2 aromatic rings. The molecule has 0 amide bonds. The quantitative estimate of drug-likeness (QED) is 0.807. The van der Waals surface area contributed by atoms with Gasteiger partial charge in [0, 0.05) is 23.2 Å². The second-order valence-electron chi connectivity index (χ2n) is 8.56. The summed E-state index contributed by atoms with van der Waals surface area (Å²) in [6, 6.07) is 2.10. The number of hydrogen-bond donors (Lipinski definition) is 0. The highest BCUT2D eigenvalue weighted by Gasteiger charge is 2.43. The fourth-order valence-electron chi connectivity index (χ4n) is 5.29. The Morgan fingerprint density at radius 1 is 1.21 bits per heavy atom. The van der Waals surface area contributed by atoms with E-state index < -0.39 is 0 Å². The molecule has 3 saturated carbocycles. The summed E-state index contributed by atoms with van der Waals surface area (Å²) < 4.78 is 8.52. The van der Waals surface area contributed by atoms with E-state index in [4.69, 9.17) is 4.74 Å². The zero-order valence-electron chi connectivity index (χ0n) is 14.6. The molecule has 2 bridgehead atoms. The van der Waals surface area contributed by atoms with E-state index in [1.807, 2.05) is 4.40 Å². The topological polar surface area (TPSA) is 39.4 Å². The Balaban J connectivity index is 1.40. The Morgan fingerprint density at radius 3 is 2.71 bits per heavy atom. The highest BCUT2D eigenvalue weighted by atomic mass is 16.5. The second-order valence-corrected chi connectivity index (χ2v) is 8.56. The summed E-state index contributed by atoms with van der Waals surface area (Å²) in [5.74, 6) is 3.64. The number of hydrogen-bond acceptors (Lipinski definition) is 3. The Bertz CT molecular complexity index is 736. The summed E-state index contributed by atoms with van der Waals surface area (Å²) in [6.45, 7) is 3.23. The van der Waals surface area contributed by atoms with E-state index in [1.165, 1.54) is 56.9 Å². The van der Waals surface area contributed by atoms with Crippen molar-refractivity contribution in [3.05, 3.63) is 24.2 Å². The van der Waals surface area contributed by atoms with Gasteiger partial charge in [0.05, 0.1) is 6.61 Å². The molecular weight excluding hydrogens is 298 g/mol. The fraction of sp³-hybridized carbons (Fsp3) is 0.700. The number of aromatic nitrogens is 3. The van der Waals surface area contributed by atoms with Crippen LogP contribution in [0.5, 0.6) is 5.75 Å². The van der Waals surface area contributed by atoms with E-state index in [1.54, 1.807) is 6.33 Å².